The fourth-order valence-corrected chi connectivity index (χ4v) is 4.82. The number of carbonyl (C=O) groups excluding carboxylic acids is 2. The summed E-state index contributed by atoms with van der Waals surface area (Å²) in [5.74, 6) is -1.44. The van der Waals surface area contributed by atoms with Crippen LogP contribution < -0.4 is 0 Å². The number of rotatable bonds is 10. The lowest BCUT2D eigenvalue weighted by atomic mass is 9.78. The Morgan fingerprint density at radius 2 is 1.96 bits per heavy atom. The summed E-state index contributed by atoms with van der Waals surface area (Å²) in [5.41, 5.74) is 0.804. The molecule has 148 valence electrons. The Balaban J connectivity index is 2.21. The van der Waals surface area contributed by atoms with Crippen LogP contribution in [-0.4, -0.2) is 33.9 Å². The van der Waals surface area contributed by atoms with Crippen molar-refractivity contribution in [1.29, 1.82) is 0 Å². The van der Waals surface area contributed by atoms with Crippen LogP contribution in [0.15, 0.2) is 42.5 Å². The zero-order chi connectivity index (χ0) is 19.9. The Morgan fingerprint density at radius 1 is 1.26 bits per heavy atom. The van der Waals surface area contributed by atoms with E-state index in [-0.39, 0.29) is 12.6 Å². The van der Waals surface area contributed by atoms with E-state index < -0.39 is 20.2 Å². The van der Waals surface area contributed by atoms with Crippen LogP contribution in [0.1, 0.15) is 49.4 Å². The van der Waals surface area contributed by atoms with Crippen molar-refractivity contribution in [2.45, 2.75) is 57.9 Å². The van der Waals surface area contributed by atoms with Crippen LogP contribution in [-0.2, 0) is 18.7 Å². The molecule has 2 unspecified atom stereocenters. The van der Waals surface area contributed by atoms with Crippen molar-refractivity contribution in [3.8, 4) is 0 Å². The molecule has 1 aliphatic rings. The van der Waals surface area contributed by atoms with E-state index in [1.54, 1.807) is 12.1 Å². The van der Waals surface area contributed by atoms with Gasteiger partial charge >= 0.3 is 5.97 Å². The van der Waals surface area contributed by atoms with Crippen LogP contribution >= 0.6 is 0 Å². The number of esters is 1. The predicted molar refractivity (Wildman–Crippen MR) is 107 cm³/mol. The lowest BCUT2D eigenvalue weighted by Gasteiger charge is -2.36. The van der Waals surface area contributed by atoms with Gasteiger partial charge in [0.1, 0.15) is 6.61 Å². The minimum atomic E-state index is -1.49. The predicted octanol–water partition coefficient (Wildman–Crippen LogP) is 4.24. The van der Waals surface area contributed by atoms with Gasteiger partial charge in [-0.05, 0) is 38.1 Å². The van der Waals surface area contributed by atoms with Gasteiger partial charge in [0.15, 0.2) is 9.04 Å². The number of hydrogen-bond acceptors (Lipinski definition) is 5. The molecule has 0 N–H and O–H groups in total. The van der Waals surface area contributed by atoms with Crippen LogP contribution in [0.3, 0.4) is 0 Å². The summed E-state index contributed by atoms with van der Waals surface area (Å²) < 4.78 is 17.2. The number of hydrogen-bond donors (Lipinski definition) is 0. The maximum absolute atomic E-state index is 12.4. The maximum Gasteiger partial charge on any atom is 0.338 e. The average Bonchev–Trinajstić information content (AvgIpc) is 2.91. The van der Waals surface area contributed by atoms with Gasteiger partial charge in [0.2, 0.25) is 5.79 Å². The lowest BCUT2D eigenvalue weighted by Crippen LogP contribution is -2.41. The summed E-state index contributed by atoms with van der Waals surface area (Å²) in [6, 6.07) is 8.94. The summed E-state index contributed by atoms with van der Waals surface area (Å²) in [6.07, 6.45) is 4.06. The largest absolute Gasteiger partial charge is 0.461 e. The molecule has 5 nitrogen and oxygen atoms in total. The molecule has 2 rings (SSSR count). The zero-order valence-corrected chi connectivity index (χ0v) is 17.7. The van der Waals surface area contributed by atoms with Gasteiger partial charge in [0, 0.05) is 17.4 Å². The Kier molecular flexibility index (Phi) is 7.38. The van der Waals surface area contributed by atoms with Crippen molar-refractivity contribution in [3.63, 3.8) is 0 Å². The molecule has 1 aliphatic carbocycles. The minimum Gasteiger partial charge on any atom is -0.461 e. The second-order valence-electron chi connectivity index (χ2n) is 7.44. The Morgan fingerprint density at radius 3 is 2.56 bits per heavy atom. The van der Waals surface area contributed by atoms with Crippen molar-refractivity contribution in [1.82, 2.24) is 0 Å². The second kappa shape index (κ2) is 9.33. The fraction of sp³-hybridized carbons (Fsp3) is 0.524. The van der Waals surface area contributed by atoms with E-state index in [0.717, 1.165) is 24.8 Å². The second-order valence-corrected chi connectivity index (χ2v) is 9.77. The van der Waals surface area contributed by atoms with Gasteiger partial charge in [-0.1, -0.05) is 44.5 Å². The van der Waals surface area contributed by atoms with Gasteiger partial charge in [0.25, 0.3) is 6.47 Å². The van der Waals surface area contributed by atoms with Crippen molar-refractivity contribution in [2.24, 2.45) is 5.41 Å². The molecule has 0 aromatic heterocycles. The highest BCUT2D eigenvalue weighted by atomic mass is 28.3. The van der Waals surface area contributed by atoms with E-state index in [2.05, 4.69) is 13.5 Å². The summed E-state index contributed by atoms with van der Waals surface area (Å²) in [6.45, 7) is 11.1. The monoisotopic (exact) mass is 390 g/mol. The normalized spacial score (nSPS) is 24.8. The number of carbonyl (C=O) groups is 2. The highest BCUT2D eigenvalue weighted by Crippen LogP contribution is 2.53. The standard InChI is InChI=1S/C21H30O5Si/c1-5-6-12-20(15-24-19(23)18-10-8-7-9-11-18)13-14-21(17(20)2,25-16-22)26-27(3)4/h7-11,16,27H,2,5-6,12-15H2,1,3-4H3. The molecule has 0 heterocycles. The number of ether oxygens (including phenoxy) is 2. The molecule has 27 heavy (non-hydrogen) atoms. The summed E-state index contributed by atoms with van der Waals surface area (Å²) in [4.78, 5) is 23.6. The smallest absolute Gasteiger partial charge is 0.338 e. The van der Waals surface area contributed by atoms with E-state index in [0.29, 0.717) is 24.9 Å². The van der Waals surface area contributed by atoms with E-state index in [4.69, 9.17) is 13.9 Å². The van der Waals surface area contributed by atoms with Crippen LogP contribution in [0, 0.1) is 5.41 Å². The van der Waals surface area contributed by atoms with Gasteiger partial charge in [-0.25, -0.2) is 4.79 Å². The van der Waals surface area contributed by atoms with E-state index in [1.807, 2.05) is 31.3 Å². The van der Waals surface area contributed by atoms with Gasteiger partial charge in [-0.3, -0.25) is 4.79 Å². The van der Waals surface area contributed by atoms with Crippen molar-refractivity contribution < 1.29 is 23.5 Å². The third-order valence-electron chi connectivity index (χ3n) is 5.20. The SMILES string of the molecule is C=C1C(CCCC)(COC(=O)c2ccccc2)CCC1(OC=O)O[SiH](C)C. The first-order chi connectivity index (χ1) is 12.9. The van der Waals surface area contributed by atoms with Crippen molar-refractivity contribution in [3.05, 3.63) is 48.0 Å². The molecular formula is C21H30O5Si. The third kappa shape index (κ3) is 4.87. The van der Waals surface area contributed by atoms with Crippen LogP contribution in [0.4, 0.5) is 0 Å². The first-order valence-corrected chi connectivity index (χ1v) is 12.4. The Bertz CT molecular complexity index is 660. The fourth-order valence-electron chi connectivity index (χ4n) is 3.74. The molecule has 0 bridgehead atoms. The maximum atomic E-state index is 12.4. The van der Waals surface area contributed by atoms with E-state index in [9.17, 15) is 9.59 Å². The summed E-state index contributed by atoms with van der Waals surface area (Å²) in [7, 11) is -1.49. The van der Waals surface area contributed by atoms with Gasteiger partial charge in [-0.15, -0.1) is 0 Å². The lowest BCUT2D eigenvalue weighted by molar-refractivity contribution is -0.170. The van der Waals surface area contributed by atoms with Crippen LogP contribution in [0.5, 0.6) is 0 Å². The topological polar surface area (TPSA) is 61.8 Å². The quantitative estimate of drug-likeness (QED) is 0.197. The molecule has 1 fully saturated rings. The van der Waals surface area contributed by atoms with Gasteiger partial charge in [0.05, 0.1) is 5.56 Å². The highest BCUT2D eigenvalue weighted by Gasteiger charge is 2.55. The van der Waals surface area contributed by atoms with Gasteiger partial charge < -0.3 is 13.9 Å². The van der Waals surface area contributed by atoms with Crippen LogP contribution in [0.25, 0.3) is 0 Å². The summed E-state index contributed by atoms with van der Waals surface area (Å²) >= 11 is 0. The highest BCUT2D eigenvalue weighted by molar-refractivity contribution is 6.48. The molecule has 1 aromatic carbocycles. The molecule has 0 spiro atoms. The molecule has 2 atom stereocenters. The number of benzene rings is 1. The summed E-state index contributed by atoms with van der Waals surface area (Å²) in [5, 5.41) is 0. The minimum absolute atomic E-state index is 0.215. The Hall–Kier alpha value is -1.92. The first-order valence-electron chi connectivity index (χ1n) is 9.60. The van der Waals surface area contributed by atoms with Crippen LogP contribution in [0.2, 0.25) is 13.1 Å². The molecule has 0 radical (unpaired) electrons. The molecule has 6 heteroatoms. The Labute approximate surface area is 163 Å². The van der Waals surface area contributed by atoms with E-state index in [1.165, 1.54) is 0 Å². The van der Waals surface area contributed by atoms with Gasteiger partial charge in [-0.2, -0.15) is 0 Å². The van der Waals surface area contributed by atoms with Crippen molar-refractivity contribution >= 4 is 21.5 Å². The molecular weight excluding hydrogens is 360 g/mol. The van der Waals surface area contributed by atoms with Crippen molar-refractivity contribution in [2.75, 3.05) is 6.61 Å². The average molecular weight is 391 g/mol. The molecule has 1 saturated carbocycles. The molecule has 1 aromatic rings. The molecule has 0 amide bonds. The zero-order valence-electron chi connectivity index (χ0n) is 16.5. The van der Waals surface area contributed by atoms with E-state index >= 15 is 0 Å². The third-order valence-corrected chi connectivity index (χ3v) is 6.05. The first kappa shape index (κ1) is 21.4. The number of unbranched alkanes of at least 4 members (excludes halogenated alkanes) is 1. The molecule has 0 saturated heterocycles. The molecule has 0 aliphatic heterocycles.